The van der Waals surface area contributed by atoms with Crippen LogP contribution in [0, 0.1) is 12.8 Å². The molecular weight excluding hydrogens is 316 g/mol. The molecule has 1 aliphatic heterocycles. The van der Waals surface area contributed by atoms with Crippen molar-refractivity contribution in [1.29, 1.82) is 0 Å². The lowest BCUT2D eigenvalue weighted by Gasteiger charge is -2.22. The Kier molecular flexibility index (Phi) is 5.89. The first-order valence-corrected chi connectivity index (χ1v) is 7.98. The van der Waals surface area contributed by atoms with E-state index in [9.17, 15) is 4.79 Å². The predicted molar refractivity (Wildman–Crippen MR) is 92.2 cm³/mol. The normalized spacial score (nSPS) is 19.6. The molecule has 128 valence electrons. The quantitative estimate of drug-likeness (QED) is 0.864. The van der Waals surface area contributed by atoms with Crippen molar-refractivity contribution >= 4 is 24.0 Å². The number of hydrogen-bond donors (Lipinski definition) is 2. The van der Waals surface area contributed by atoms with Crippen LogP contribution in [0.25, 0.3) is 0 Å². The van der Waals surface area contributed by atoms with Crippen molar-refractivity contribution in [2.75, 3.05) is 25.1 Å². The van der Waals surface area contributed by atoms with Crippen LogP contribution in [0.4, 0.5) is 5.69 Å². The molecule has 0 spiro atoms. The van der Waals surface area contributed by atoms with E-state index in [4.69, 9.17) is 15.2 Å². The van der Waals surface area contributed by atoms with Crippen LogP contribution in [-0.4, -0.2) is 31.3 Å². The fourth-order valence-electron chi connectivity index (χ4n) is 2.57. The maximum Gasteiger partial charge on any atom is 0.244 e. The van der Waals surface area contributed by atoms with Crippen LogP contribution in [0.2, 0.25) is 0 Å². The van der Waals surface area contributed by atoms with Crippen molar-refractivity contribution in [3.05, 3.63) is 23.8 Å². The summed E-state index contributed by atoms with van der Waals surface area (Å²) in [5.74, 6) is 1.27. The molecule has 1 saturated heterocycles. The van der Waals surface area contributed by atoms with E-state index in [1.54, 1.807) is 0 Å². The molecule has 0 bridgehead atoms. The van der Waals surface area contributed by atoms with Crippen molar-refractivity contribution in [3.63, 3.8) is 0 Å². The average Bonchev–Trinajstić information content (AvgIpc) is 3.28. The highest BCUT2D eigenvalue weighted by Gasteiger charge is 2.45. The van der Waals surface area contributed by atoms with E-state index < -0.39 is 5.54 Å². The minimum absolute atomic E-state index is 0. The number of benzene rings is 1. The number of rotatable bonds is 5. The number of halogens is 1. The Bertz CT molecular complexity index is 555. The van der Waals surface area contributed by atoms with Crippen LogP contribution in [0.15, 0.2) is 18.2 Å². The molecule has 2 fully saturated rings. The van der Waals surface area contributed by atoms with Crippen molar-refractivity contribution in [1.82, 2.24) is 0 Å². The molecule has 3 rings (SSSR count). The van der Waals surface area contributed by atoms with Crippen LogP contribution < -0.4 is 15.8 Å². The monoisotopic (exact) mass is 340 g/mol. The van der Waals surface area contributed by atoms with Gasteiger partial charge in [-0.25, -0.2) is 0 Å². The Morgan fingerprint density at radius 2 is 2.09 bits per heavy atom. The second kappa shape index (κ2) is 7.51. The summed E-state index contributed by atoms with van der Waals surface area (Å²) in [7, 11) is 0. The maximum absolute atomic E-state index is 12.0. The molecule has 0 radical (unpaired) electrons. The highest BCUT2D eigenvalue weighted by Crippen LogP contribution is 2.34. The molecule has 1 aliphatic carbocycles. The van der Waals surface area contributed by atoms with Gasteiger partial charge in [0.1, 0.15) is 5.75 Å². The first-order valence-electron chi connectivity index (χ1n) is 7.98. The van der Waals surface area contributed by atoms with Crippen molar-refractivity contribution in [2.24, 2.45) is 11.7 Å². The highest BCUT2D eigenvalue weighted by atomic mass is 35.5. The molecule has 23 heavy (non-hydrogen) atoms. The summed E-state index contributed by atoms with van der Waals surface area (Å²) in [6.45, 7) is 4.35. The van der Waals surface area contributed by atoms with Gasteiger partial charge in [-0.2, -0.15) is 0 Å². The Balaban J connectivity index is 0.00000192. The van der Waals surface area contributed by atoms with Gasteiger partial charge in [-0.3, -0.25) is 4.79 Å². The number of carbonyl (C=O) groups excluding carboxylic acids is 1. The number of hydrogen-bond acceptors (Lipinski definition) is 4. The lowest BCUT2D eigenvalue weighted by Crippen LogP contribution is -2.37. The summed E-state index contributed by atoms with van der Waals surface area (Å²) >= 11 is 0. The second-order valence-corrected chi connectivity index (χ2v) is 6.46. The zero-order valence-corrected chi connectivity index (χ0v) is 14.3. The van der Waals surface area contributed by atoms with E-state index in [0.29, 0.717) is 12.5 Å². The highest BCUT2D eigenvalue weighted by molar-refractivity contribution is 6.00. The number of aryl methyl sites for hydroxylation is 1. The lowest BCUT2D eigenvalue weighted by atomic mass is 10.0. The van der Waals surface area contributed by atoms with Gasteiger partial charge in [0.05, 0.1) is 12.1 Å². The first-order chi connectivity index (χ1) is 10.6. The van der Waals surface area contributed by atoms with Gasteiger partial charge in [0.15, 0.2) is 0 Å². The summed E-state index contributed by atoms with van der Waals surface area (Å²) in [5, 5.41) is 2.89. The van der Waals surface area contributed by atoms with E-state index in [2.05, 4.69) is 5.32 Å². The Labute approximate surface area is 143 Å². The minimum atomic E-state index is -0.659. The van der Waals surface area contributed by atoms with Gasteiger partial charge in [-0.1, -0.05) is 6.07 Å². The van der Waals surface area contributed by atoms with Crippen molar-refractivity contribution < 1.29 is 14.3 Å². The molecule has 1 aromatic rings. The summed E-state index contributed by atoms with van der Waals surface area (Å²) in [6.07, 6.45) is 3.62. The predicted octanol–water partition coefficient (Wildman–Crippen LogP) is 2.65. The van der Waals surface area contributed by atoms with Gasteiger partial charge in [0.25, 0.3) is 0 Å². The first kappa shape index (κ1) is 18.0. The topological polar surface area (TPSA) is 73.6 Å². The number of anilines is 1. The molecule has 1 aromatic carbocycles. The minimum Gasteiger partial charge on any atom is -0.493 e. The number of nitrogens with two attached hydrogens (primary N) is 1. The molecule has 0 atom stereocenters. The van der Waals surface area contributed by atoms with Crippen LogP contribution >= 0.6 is 12.4 Å². The second-order valence-electron chi connectivity index (χ2n) is 6.46. The Hall–Kier alpha value is -1.30. The molecule has 5 nitrogen and oxygen atoms in total. The van der Waals surface area contributed by atoms with Crippen LogP contribution in [-0.2, 0) is 9.53 Å². The third kappa shape index (κ3) is 4.59. The third-order valence-electron chi connectivity index (χ3n) is 4.50. The van der Waals surface area contributed by atoms with Crippen LogP contribution in [0.5, 0.6) is 5.75 Å². The number of nitrogens with one attached hydrogen (secondary N) is 1. The zero-order chi connectivity index (χ0) is 15.6. The lowest BCUT2D eigenvalue weighted by molar-refractivity contribution is -0.118. The molecule has 0 aromatic heterocycles. The van der Waals surface area contributed by atoms with E-state index in [1.165, 1.54) is 0 Å². The van der Waals surface area contributed by atoms with Gasteiger partial charge in [0, 0.05) is 25.0 Å². The van der Waals surface area contributed by atoms with Crippen molar-refractivity contribution in [3.8, 4) is 5.75 Å². The Morgan fingerprint density at radius 1 is 1.39 bits per heavy atom. The average molecular weight is 341 g/mol. The molecule has 1 saturated carbocycles. The molecule has 3 N–H and O–H groups in total. The van der Waals surface area contributed by atoms with Crippen molar-refractivity contribution in [2.45, 2.75) is 38.1 Å². The standard InChI is InChI=1S/C17H24N2O3.ClH/c1-12-2-3-14(19-16(20)17(18)6-7-17)10-15(12)22-11-13-4-8-21-9-5-13;/h2-3,10,13H,4-9,11,18H2,1H3,(H,19,20);1H. The molecule has 1 heterocycles. The molecule has 6 heteroatoms. The van der Waals surface area contributed by atoms with Gasteiger partial charge >= 0.3 is 0 Å². The summed E-state index contributed by atoms with van der Waals surface area (Å²) < 4.78 is 11.3. The summed E-state index contributed by atoms with van der Waals surface area (Å²) in [5.41, 5.74) is 7.06. The van der Waals surface area contributed by atoms with Crippen LogP contribution in [0.1, 0.15) is 31.2 Å². The third-order valence-corrected chi connectivity index (χ3v) is 4.50. The van der Waals surface area contributed by atoms with Crippen LogP contribution in [0.3, 0.4) is 0 Å². The summed E-state index contributed by atoms with van der Waals surface area (Å²) in [4.78, 5) is 12.0. The van der Waals surface area contributed by atoms with Gasteiger partial charge in [0.2, 0.25) is 5.91 Å². The van der Waals surface area contributed by atoms with E-state index in [-0.39, 0.29) is 18.3 Å². The Morgan fingerprint density at radius 3 is 2.74 bits per heavy atom. The van der Waals surface area contributed by atoms with Gasteiger partial charge < -0.3 is 20.5 Å². The zero-order valence-electron chi connectivity index (χ0n) is 13.5. The number of amides is 1. The largest absolute Gasteiger partial charge is 0.493 e. The fraction of sp³-hybridized carbons (Fsp3) is 0.588. The molecule has 2 aliphatic rings. The molecular formula is C17H25ClN2O3. The molecule has 1 amide bonds. The van der Waals surface area contributed by atoms with Gasteiger partial charge in [-0.15, -0.1) is 12.4 Å². The number of carbonyl (C=O) groups is 1. The number of ether oxygens (including phenoxy) is 2. The fourth-order valence-corrected chi connectivity index (χ4v) is 2.57. The van der Waals surface area contributed by atoms with E-state index in [1.807, 2.05) is 25.1 Å². The van der Waals surface area contributed by atoms with E-state index in [0.717, 1.165) is 55.9 Å². The smallest absolute Gasteiger partial charge is 0.244 e. The molecule has 0 unspecified atom stereocenters. The summed E-state index contributed by atoms with van der Waals surface area (Å²) in [6, 6.07) is 5.74. The van der Waals surface area contributed by atoms with Gasteiger partial charge in [-0.05, 0) is 50.2 Å². The van der Waals surface area contributed by atoms with E-state index >= 15 is 0 Å². The maximum atomic E-state index is 12.0. The SMILES string of the molecule is Cc1ccc(NC(=O)C2(N)CC2)cc1OCC1CCOCC1.Cl.